The molecule has 30 heavy (non-hydrogen) atoms. The van der Waals surface area contributed by atoms with Crippen molar-refractivity contribution in [3.05, 3.63) is 77.1 Å². The van der Waals surface area contributed by atoms with Crippen LogP contribution < -0.4 is 0 Å². The Hall–Kier alpha value is -3.33. The molecule has 0 spiro atoms. The first-order valence-electron chi connectivity index (χ1n) is 9.51. The second kappa shape index (κ2) is 8.58. The second-order valence-electron chi connectivity index (χ2n) is 7.03. The van der Waals surface area contributed by atoms with Crippen LogP contribution in [0.1, 0.15) is 36.3 Å². The Morgan fingerprint density at radius 2 is 1.83 bits per heavy atom. The van der Waals surface area contributed by atoms with Crippen molar-refractivity contribution in [2.24, 2.45) is 12.2 Å². The maximum atomic E-state index is 10.9. The number of nitrogens with zero attached hydrogens (tertiary/aromatic N) is 7. The number of thioether (sulfide) groups is 1. The first-order valence-corrected chi connectivity index (χ1v) is 10.4. The molecule has 4 rings (SSSR count). The van der Waals surface area contributed by atoms with Gasteiger partial charge in [-0.25, -0.2) is 4.68 Å². The lowest BCUT2D eigenvalue weighted by Crippen LogP contribution is -1.98. The first-order chi connectivity index (χ1) is 14.5. The number of aryl methyl sites for hydroxylation is 1. The monoisotopic (exact) mass is 419 g/mol. The van der Waals surface area contributed by atoms with Gasteiger partial charge in [0.15, 0.2) is 5.16 Å². The summed E-state index contributed by atoms with van der Waals surface area (Å²) < 4.78 is 3.66. The zero-order chi connectivity index (χ0) is 21.1. The molecule has 0 amide bonds. The highest BCUT2D eigenvalue weighted by molar-refractivity contribution is 7.99. The van der Waals surface area contributed by atoms with Gasteiger partial charge in [0.05, 0.1) is 11.9 Å². The molecule has 0 fully saturated rings. The largest absolute Gasteiger partial charge is 0.312 e. The predicted molar refractivity (Wildman–Crippen MR) is 116 cm³/mol. The molecule has 1 unspecified atom stereocenters. The van der Waals surface area contributed by atoms with Gasteiger partial charge in [-0.3, -0.25) is 0 Å². The van der Waals surface area contributed by atoms with E-state index in [0.717, 1.165) is 33.2 Å². The van der Waals surface area contributed by atoms with E-state index in [2.05, 4.69) is 44.7 Å². The summed E-state index contributed by atoms with van der Waals surface area (Å²) in [6.45, 7) is 3.91. The molecule has 9 heteroatoms. The third kappa shape index (κ3) is 4.16. The lowest BCUT2D eigenvalue weighted by atomic mass is 10.0. The van der Waals surface area contributed by atoms with Gasteiger partial charge in [0, 0.05) is 17.9 Å². The standard InChI is InChI=1S/C21H21N7OS/c1-14(25-29)16-6-4-8-18(10-16)20-12-28(26-23-20)19-9-5-7-17(11-19)15(2)30-21-24-22-13-27(21)3/h4-15H,1-3H3/t14?,15-/m0/s1. The minimum absolute atomic E-state index is 0.199. The number of hydrogen-bond acceptors (Lipinski definition) is 7. The van der Waals surface area contributed by atoms with Crippen LogP contribution in [-0.4, -0.2) is 29.8 Å². The fourth-order valence-electron chi connectivity index (χ4n) is 3.07. The summed E-state index contributed by atoms with van der Waals surface area (Å²) in [6, 6.07) is 15.5. The predicted octanol–water partition coefficient (Wildman–Crippen LogP) is 4.74. The molecule has 4 aromatic rings. The van der Waals surface area contributed by atoms with Crippen molar-refractivity contribution in [1.82, 2.24) is 29.8 Å². The SMILES string of the molecule is CC(N=O)c1cccc(-c2cn(-c3cccc([C@H](C)Sc4nncn4C)c3)nn2)c1. The summed E-state index contributed by atoms with van der Waals surface area (Å²) in [4.78, 5) is 10.9. The Morgan fingerprint density at radius 1 is 1.03 bits per heavy atom. The van der Waals surface area contributed by atoms with Gasteiger partial charge < -0.3 is 4.57 Å². The van der Waals surface area contributed by atoms with Crippen molar-refractivity contribution in [1.29, 1.82) is 0 Å². The van der Waals surface area contributed by atoms with Crippen LogP contribution in [0.25, 0.3) is 16.9 Å². The van der Waals surface area contributed by atoms with Crippen LogP contribution >= 0.6 is 11.8 Å². The highest BCUT2D eigenvalue weighted by atomic mass is 32.2. The van der Waals surface area contributed by atoms with E-state index in [-0.39, 0.29) is 5.25 Å². The molecule has 152 valence electrons. The molecule has 8 nitrogen and oxygen atoms in total. The molecule has 2 aromatic heterocycles. The molecule has 0 radical (unpaired) electrons. The normalized spacial score (nSPS) is 13.2. The average molecular weight is 420 g/mol. The van der Waals surface area contributed by atoms with Gasteiger partial charge in [0.1, 0.15) is 18.1 Å². The number of rotatable bonds is 7. The maximum Gasteiger partial charge on any atom is 0.191 e. The third-order valence-electron chi connectivity index (χ3n) is 4.87. The fraction of sp³-hybridized carbons (Fsp3) is 0.238. The number of hydrogen-bond donors (Lipinski definition) is 0. The zero-order valence-corrected chi connectivity index (χ0v) is 17.7. The Labute approximate surface area is 178 Å². The van der Waals surface area contributed by atoms with Gasteiger partial charge in [0.25, 0.3) is 0 Å². The second-order valence-corrected chi connectivity index (χ2v) is 8.34. The van der Waals surface area contributed by atoms with Crippen LogP contribution in [0.5, 0.6) is 0 Å². The van der Waals surface area contributed by atoms with E-state index in [9.17, 15) is 4.91 Å². The van der Waals surface area contributed by atoms with E-state index in [1.807, 2.05) is 54.2 Å². The number of benzene rings is 2. The smallest absolute Gasteiger partial charge is 0.191 e. The third-order valence-corrected chi connectivity index (χ3v) is 6.08. The summed E-state index contributed by atoms with van der Waals surface area (Å²) in [7, 11) is 1.93. The lowest BCUT2D eigenvalue weighted by molar-refractivity contribution is 0.784. The summed E-state index contributed by atoms with van der Waals surface area (Å²) >= 11 is 1.65. The van der Waals surface area contributed by atoms with Gasteiger partial charge in [-0.2, -0.15) is 4.91 Å². The van der Waals surface area contributed by atoms with Crippen molar-refractivity contribution in [2.75, 3.05) is 0 Å². The van der Waals surface area contributed by atoms with Crippen LogP contribution in [-0.2, 0) is 7.05 Å². The molecule has 0 aliphatic rings. The van der Waals surface area contributed by atoms with E-state index in [4.69, 9.17) is 0 Å². The van der Waals surface area contributed by atoms with Crippen molar-refractivity contribution in [2.45, 2.75) is 30.3 Å². The molecule has 0 saturated carbocycles. The van der Waals surface area contributed by atoms with Crippen LogP contribution in [0.15, 0.2) is 71.4 Å². The molecule has 0 aliphatic heterocycles. The summed E-state index contributed by atoms with van der Waals surface area (Å²) in [6.07, 6.45) is 3.58. The number of aromatic nitrogens is 6. The maximum absolute atomic E-state index is 10.9. The van der Waals surface area contributed by atoms with Crippen LogP contribution in [0.2, 0.25) is 0 Å². The molecular weight excluding hydrogens is 398 g/mol. The Kier molecular flexibility index (Phi) is 5.71. The van der Waals surface area contributed by atoms with Gasteiger partial charge in [-0.05, 0) is 43.2 Å². The van der Waals surface area contributed by atoms with Crippen molar-refractivity contribution >= 4 is 11.8 Å². The van der Waals surface area contributed by atoms with Gasteiger partial charge in [0.2, 0.25) is 0 Å². The van der Waals surface area contributed by atoms with Crippen molar-refractivity contribution in [3.8, 4) is 16.9 Å². The van der Waals surface area contributed by atoms with E-state index in [1.54, 1.807) is 29.7 Å². The van der Waals surface area contributed by atoms with Crippen LogP contribution in [0.3, 0.4) is 0 Å². The average Bonchev–Trinajstić information content (AvgIpc) is 3.43. The Balaban J connectivity index is 1.57. The summed E-state index contributed by atoms with van der Waals surface area (Å²) in [5, 5.41) is 20.9. The fourth-order valence-corrected chi connectivity index (χ4v) is 3.97. The van der Waals surface area contributed by atoms with Crippen molar-refractivity contribution < 1.29 is 0 Å². The van der Waals surface area contributed by atoms with Crippen LogP contribution in [0, 0.1) is 4.91 Å². The molecule has 2 heterocycles. The minimum Gasteiger partial charge on any atom is -0.312 e. The number of nitroso groups, excluding NO2 is 1. The summed E-state index contributed by atoms with van der Waals surface area (Å²) in [5.41, 5.74) is 4.58. The Morgan fingerprint density at radius 3 is 2.60 bits per heavy atom. The molecule has 0 aliphatic carbocycles. The first kappa shape index (κ1) is 20.0. The molecule has 2 aromatic carbocycles. The van der Waals surface area contributed by atoms with Crippen LogP contribution in [0.4, 0.5) is 0 Å². The lowest BCUT2D eigenvalue weighted by Gasteiger charge is -2.12. The van der Waals surface area contributed by atoms with E-state index in [0.29, 0.717) is 0 Å². The molecular formula is C21H21N7OS. The van der Waals surface area contributed by atoms with E-state index < -0.39 is 6.04 Å². The van der Waals surface area contributed by atoms with Gasteiger partial charge in [-0.15, -0.1) is 15.3 Å². The Bertz CT molecular complexity index is 1170. The summed E-state index contributed by atoms with van der Waals surface area (Å²) in [5.74, 6) is 0. The quantitative estimate of drug-likeness (QED) is 0.317. The molecule has 0 N–H and O–H groups in total. The molecule has 2 atom stereocenters. The highest BCUT2D eigenvalue weighted by Crippen LogP contribution is 2.34. The topological polar surface area (TPSA) is 90.8 Å². The van der Waals surface area contributed by atoms with Crippen molar-refractivity contribution in [3.63, 3.8) is 0 Å². The minimum atomic E-state index is -0.399. The zero-order valence-electron chi connectivity index (χ0n) is 16.9. The molecule has 0 saturated heterocycles. The molecule has 0 bridgehead atoms. The van der Waals surface area contributed by atoms with Gasteiger partial charge >= 0.3 is 0 Å². The van der Waals surface area contributed by atoms with E-state index >= 15 is 0 Å². The van der Waals surface area contributed by atoms with E-state index in [1.165, 1.54) is 0 Å². The van der Waals surface area contributed by atoms with Gasteiger partial charge in [-0.1, -0.05) is 52.5 Å². The highest BCUT2D eigenvalue weighted by Gasteiger charge is 2.13.